The molecule has 2 aromatic rings. The van der Waals surface area contributed by atoms with Crippen LogP contribution in [0.15, 0.2) is 47.5 Å². The highest BCUT2D eigenvalue weighted by Gasteiger charge is 2.49. The van der Waals surface area contributed by atoms with Gasteiger partial charge < -0.3 is 28.9 Å². The molecule has 1 heterocycles. The number of carbonyl (C=O) groups excluding carboxylic acids is 3. The van der Waals surface area contributed by atoms with Crippen LogP contribution in [-0.4, -0.2) is 103 Å². The van der Waals surface area contributed by atoms with Gasteiger partial charge in [-0.2, -0.15) is 21.6 Å². The Morgan fingerprint density at radius 1 is 0.941 bits per heavy atom. The predicted octanol–water partition coefficient (Wildman–Crippen LogP) is 6.55. The second kappa shape index (κ2) is 15.5. The van der Waals surface area contributed by atoms with E-state index in [4.69, 9.17) is 30.0 Å². The van der Waals surface area contributed by atoms with Gasteiger partial charge >= 0.3 is 33.8 Å². The number of ether oxygens (including phenoxy) is 3. The van der Waals surface area contributed by atoms with E-state index < -0.39 is 45.1 Å². The number of alkyl halides is 3. The molecular weight excluding hydrogens is 723 g/mol. The van der Waals surface area contributed by atoms with Crippen LogP contribution in [0.4, 0.5) is 27.6 Å². The first-order chi connectivity index (χ1) is 23.3. The second-order valence-corrected chi connectivity index (χ2v) is 15.4. The standard InChI is InChI=1S/C32H41ClF3N5O9S/c1-30(2,3)48-27(42)37-26(40-18-38(7)28(43)39(8)19-40)41(29(44)49-31(4,5)6)17-20-10-15-23(24(33)16-20)25(50-51(45,46)32(34,35)36)21-11-13-22(47-9)14-12-21/h10-16,25H,17-19H2,1-9H3/t25-/m1/s1. The Labute approximate surface area is 299 Å². The van der Waals surface area contributed by atoms with Gasteiger partial charge in [0.25, 0.3) is 0 Å². The molecule has 282 valence electrons. The molecule has 14 nitrogen and oxygen atoms in total. The Morgan fingerprint density at radius 2 is 1.49 bits per heavy atom. The van der Waals surface area contributed by atoms with E-state index in [0.717, 1.165) is 4.90 Å². The molecule has 2 aromatic carbocycles. The molecule has 4 amide bonds. The zero-order valence-corrected chi connectivity index (χ0v) is 31.1. The molecular formula is C32H41ClF3N5O9S. The maximum absolute atomic E-state index is 13.8. The van der Waals surface area contributed by atoms with Crippen LogP contribution in [0.2, 0.25) is 5.02 Å². The highest BCUT2D eigenvalue weighted by Crippen LogP contribution is 2.38. The van der Waals surface area contributed by atoms with E-state index in [-0.39, 0.29) is 53.6 Å². The maximum Gasteiger partial charge on any atom is 0.523 e. The fourth-order valence-corrected chi connectivity index (χ4v) is 5.49. The molecule has 1 fully saturated rings. The van der Waals surface area contributed by atoms with E-state index >= 15 is 0 Å². The summed E-state index contributed by atoms with van der Waals surface area (Å²) in [6.45, 7) is 9.16. The molecule has 0 saturated carbocycles. The number of urea groups is 1. The molecule has 3 rings (SSSR count). The molecule has 1 atom stereocenters. The number of guanidine groups is 1. The average molecular weight is 764 g/mol. The highest BCUT2D eigenvalue weighted by molar-refractivity contribution is 7.87. The summed E-state index contributed by atoms with van der Waals surface area (Å²) < 4.78 is 85.5. The van der Waals surface area contributed by atoms with Crippen molar-refractivity contribution in [3.63, 3.8) is 0 Å². The van der Waals surface area contributed by atoms with Crippen molar-refractivity contribution in [3.05, 3.63) is 64.2 Å². The fraction of sp³-hybridized carbons (Fsp3) is 0.500. The molecule has 0 N–H and O–H groups in total. The maximum atomic E-state index is 13.8. The van der Waals surface area contributed by atoms with Crippen LogP contribution >= 0.6 is 11.6 Å². The minimum atomic E-state index is -6.10. The molecule has 1 saturated heterocycles. The van der Waals surface area contributed by atoms with E-state index in [2.05, 4.69) is 4.99 Å². The summed E-state index contributed by atoms with van der Waals surface area (Å²) in [7, 11) is -1.71. The lowest BCUT2D eigenvalue weighted by Crippen LogP contribution is -2.60. The Hall–Kier alpha value is -4.29. The monoisotopic (exact) mass is 763 g/mol. The number of methoxy groups -OCH3 is 1. The summed E-state index contributed by atoms with van der Waals surface area (Å²) in [5.74, 6) is 0.0970. The Bertz CT molecular complexity index is 1730. The van der Waals surface area contributed by atoms with Crippen LogP contribution in [0.5, 0.6) is 5.75 Å². The first-order valence-electron chi connectivity index (χ1n) is 15.3. The van der Waals surface area contributed by atoms with Crippen molar-refractivity contribution in [2.24, 2.45) is 4.99 Å². The fourth-order valence-electron chi connectivity index (χ4n) is 4.61. The number of carbonyl (C=O) groups is 3. The molecule has 1 aliphatic heterocycles. The molecule has 0 radical (unpaired) electrons. The summed E-state index contributed by atoms with van der Waals surface area (Å²) in [4.78, 5) is 48.6. The van der Waals surface area contributed by atoms with Crippen LogP contribution in [0.3, 0.4) is 0 Å². The minimum Gasteiger partial charge on any atom is -0.497 e. The number of halogens is 4. The van der Waals surface area contributed by atoms with Gasteiger partial charge in [0.15, 0.2) is 0 Å². The SMILES string of the molecule is COc1ccc([C@@H](OS(=O)(=O)C(F)(F)F)c2ccc(CN(C(=O)OC(C)(C)C)C(=NC(=O)OC(C)(C)C)N3CN(C)C(=O)N(C)C3)cc2Cl)cc1. The van der Waals surface area contributed by atoms with Crippen molar-refractivity contribution in [1.29, 1.82) is 0 Å². The first kappa shape index (κ1) is 41.1. The van der Waals surface area contributed by atoms with Gasteiger partial charge in [0, 0.05) is 24.7 Å². The lowest BCUT2D eigenvalue weighted by Gasteiger charge is -2.42. The van der Waals surface area contributed by atoms with Gasteiger partial charge in [-0.1, -0.05) is 35.9 Å². The lowest BCUT2D eigenvalue weighted by atomic mass is 10.00. The molecule has 0 bridgehead atoms. The molecule has 1 aliphatic rings. The van der Waals surface area contributed by atoms with Crippen LogP contribution in [-0.2, 0) is 30.3 Å². The number of aliphatic imine (C=N–C) groups is 1. The summed E-state index contributed by atoms with van der Waals surface area (Å²) in [5.41, 5.74) is -7.60. The molecule has 51 heavy (non-hydrogen) atoms. The third-order valence-corrected chi connectivity index (χ3v) is 8.09. The summed E-state index contributed by atoms with van der Waals surface area (Å²) in [6.07, 6.45) is -3.85. The van der Waals surface area contributed by atoms with Gasteiger partial charge in [-0.25, -0.2) is 19.3 Å². The number of amides is 4. The van der Waals surface area contributed by atoms with Crippen molar-refractivity contribution in [2.45, 2.75) is 70.9 Å². The van der Waals surface area contributed by atoms with Crippen molar-refractivity contribution >= 4 is 45.9 Å². The predicted molar refractivity (Wildman–Crippen MR) is 180 cm³/mol. The van der Waals surface area contributed by atoms with Gasteiger partial charge in [0.05, 0.1) is 27.0 Å². The van der Waals surface area contributed by atoms with E-state index in [1.807, 2.05) is 0 Å². The minimum absolute atomic E-state index is 0.00771. The molecule has 0 aliphatic carbocycles. The van der Waals surface area contributed by atoms with Crippen molar-refractivity contribution in [2.75, 3.05) is 34.5 Å². The molecule has 0 unspecified atom stereocenters. The van der Waals surface area contributed by atoms with Gasteiger partial charge in [-0.3, -0.25) is 4.18 Å². The zero-order chi connectivity index (χ0) is 38.7. The average Bonchev–Trinajstić information content (AvgIpc) is 2.98. The quantitative estimate of drug-likeness (QED) is 0.132. The first-order valence-corrected chi connectivity index (χ1v) is 17.1. The largest absolute Gasteiger partial charge is 0.523 e. The van der Waals surface area contributed by atoms with Crippen LogP contribution < -0.4 is 4.74 Å². The number of rotatable bonds is 7. The molecule has 0 spiro atoms. The van der Waals surface area contributed by atoms with Crippen LogP contribution in [0.1, 0.15) is 64.3 Å². The highest BCUT2D eigenvalue weighted by atomic mass is 35.5. The van der Waals surface area contributed by atoms with E-state index in [9.17, 15) is 36.0 Å². The van der Waals surface area contributed by atoms with Gasteiger partial charge in [-0.15, -0.1) is 4.99 Å². The van der Waals surface area contributed by atoms with Crippen molar-refractivity contribution < 1.29 is 54.4 Å². The third kappa shape index (κ3) is 11.1. The van der Waals surface area contributed by atoms with E-state index in [0.29, 0.717) is 5.75 Å². The second-order valence-electron chi connectivity index (χ2n) is 13.5. The molecule has 0 aromatic heterocycles. The summed E-state index contributed by atoms with van der Waals surface area (Å²) in [5, 5.41) is -0.219. The number of hydrogen-bond acceptors (Lipinski definition) is 9. The van der Waals surface area contributed by atoms with Crippen LogP contribution in [0, 0.1) is 0 Å². The smallest absolute Gasteiger partial charge is 0.497 e. The molecule has 19 heteroatoms. The van der Waals surface area contributed by atoms with Crippen molar-refractivity contribution in [1.82, 2.24) is 19.6 Å². The lowest BCUT2D eigenvalue weighted by molar-refractivity contribution is -0.0562. The summed E-state index contributed by atoms with van der Waals surface area (Å²) in [6, 6.07) is 9.02. The Kier molecular flexibility index (Phi) is 12.5. The van der Waals surface area contributed by atoms with Gasteiger partial charge in [0.2, 0.25) is 5.96 Å². The van der Waals surface area contributed by atoms with E-state index in [1.165, 1.54) is 78.4 Å². The normalized spacial score (nSPS) is 15.4. The van der Waals surface area contributed by atoms with Gasteiger partial charge in [-0.05, 0) is 70.9 Å². The van der Waals surface area contributed by atoms with Crippen molar-refractivity contribution in [3.8, 4) is 5.75 Å². The Balaban J connectivity index is 2.15. The number of hydrogen-bond donors (Lipinski definition) is 0. The van der Waals surface area contributed by atoms with E-state index in [1.54, 1.807) is 41.5 Å². The number of benzene rings is 2. The number of nitrogens with zero attached hydrogens (tertiary/aromatic N) is 5. The summed E-state index contributed by atoms with van der Waals surface area (Å²) >= 11 is 6.60. The third-order valence-electron chi connectivity index (χ3n) is 6.75. The topological polar surface area (TPSA) is 148 Å². The zero-order valence-electron chi connectivity index (χ0n) is 29.6. The van der Waals surface area contributed by atoms with Gasteiger partial charge in [0.1, 0.15) is 23.1 Å². The Morgan fingerprint density at radius 3 is 1.96 bits per heavy atom. The van der Waals surface area contributed by atoms with Crippen LogP contribution in [0.25, 0.3) is 0 Å².